The van der Waals surface area contributed by atoms with Crippen molar-refractivity contribution < 1.29 is 22.6 Å². The van der Waals surface area contributed by atoms with Crippen LogP contribution in [0.1, 0.15) is 113 Å². The molecule has 6 fully saturated rings. The van der Waals surface area contributed by atoms with Gasteiger partial charge in [-0.25, -0.2) is 8.78 Å². The largest absolute Gasteiger partial charge is 0.339 e. The van der Waals surface area contributed by atoms with Crippen LogP contribution in [0.2, 0.25) is 0 Å². The third-order valence-corrected chi connectivity index (χ3v) is 10.7. The molecule has 0 saturated heterocycles. The molecular formula is C32H37F2N5O3. The number of anilines is 1. The van der Waals surface area contributed by atoms with Gasteiger partial charge in [-0.2, -0.15) is 9.97 Å². The van der Waals surface area contributed by atoms with Crippen molar-refractivity contribution in [3.8, 4) is 11.5 Å². The highest BCUT2D eigenvalue weighted by atomic mass is 19.3. The summed E-state index contributed by atoms with van der Waals surface area (Å²) in [6, 6.07) is 7.59. The van der Waals surface area contributed by atoms with E-state index in [4.69, 9.17) is 14.0 Å². The summed E-state index contributed by atoms with van der Waals surface area (Å²) in [5, 5.41) is 8.46. The molecule has 0 spiro atoms. The lowest BCUT2D eigenvalue weighted by molar-refractivity contribution is -0.123. The first-order valence-electron chi connectivity index (χ1n) is 15.8. The van der Waals surface area contributed by atoms with E-state index < -0.39 is 11.8 Å². The summed E-state index contributed by atoms with van der Waals surface area (Å²) in [4.78, 5) is 25.3. The van der Waals surface area contributed by atoms with Gasteiger partial charge in [0.05, 0.1) is 0 Å². The molecule has 3 aromatic rings. The molecule has 2 aromatic heterocycles. The molecule has 1 aromatic carbocycles. The predicted octanol–water partition coefficient (Wildman–Crippen LogP) is 7.18. The number of carbonyl (C=O) groups is 1. The highest BCUT2D eigenvalue weighted by Crippen LogP contribution is 2.52. The fourth-order valence-corrected chi connectivity index (χ4v) is 7.73. The third kappa shape index (κ3) is 4.94. The van der Waals surface area contributed by atoms with Crippen molar-refractivity contribution in [1.82, 2.24) is 20.3 Å². The Kier molecular flexibility index (Phi) is 6.26. The van der Waals surface area contributed by atoms with Crippen molar-refractivity contribution in [2.75, 3.05) is 11.4 Å². The second kappa shape index (κ2) is 9.95. The van der Waals surface area contributed by atoms with E-state index in [1.54, 1.807) is 4.90 Å². The molecule has 1 amide bonds. The number of benzene rings is 1. The zero-order valence-electron chi connectivity index (χ0n) is 23.8. The van der Waals surface area contributed by atoms with Gasteiger partial charge in [0.15, 0.2) is 11.6 Å². The Morgan fingerprint density at radius 2 is 1.60 bits per heavy atom. The van der Waals surface area contributed by atoms with Crippen LogP contribution < -0.4 is 4.90 Å². The number of alkyl halides is 2. The normalized spacial score (nSPS) is 30.4. The number of rotatable bonds is 8. The smallest absolute Gasteiger partial charge is 0.258 e. The number of carbonyl (C=O) groups excluding carboxylic acids is 1. The standard InChI is InChI=1S/C32H37F2N5O3/c33-32(34)15-11-23(17-32)29(40)39(25-3-1-2-22(16-25)28-35-26(37-41-28)20-4-5-20)18-24-10-14-31(12-8-19(24)9-13-31)30-36-27(38-42-30)21-6-7-21/h1-3,16,19-21,23-24H,4-15,17-18H2. The Balaban J connectivity index is 1.06. The summed E-state index contributed by atoms with van der Waals surface area (Å²) in [5.74, 6) is 0.701. The average Bonchev–Trinajstić information content (AvgIpc) is 3.92. The minimum atomic E-state index is -2.78. The predicted molar refractivity (Wildman–Crippen MR) is 149 cm³/mol. The second-order valence-electron chi connectivity index (χ2n) is 13.7. The fraction of sp³-hybridized carbons (Fsp3) is 0.656. The minimum absolute atomic E-state index is 0.0924. The number of aromatic nitrogens is 4. The van der Waals surface area contributed by atoms with E-state index in [9.17, 15) is 13.6 Å². The second-order valence-corrected chi connectivity index (χ2v) is 13.7. The molecule has 2 unspecified atom stereocenters. The van der Waals surface area contributed by atoms with Crippen LogP contribution in [-0.2, 0) is 10.2 Å². The van der Waals surface area contributed by atoms with Crippen LogP contribution in [0.3, 0.4) is 0 Å². The number of amides is 1. The van der Waals surface area contributed by atoms with Crippen LogP contribution in [0.4, 0.5) is 14.5 Å². The number of hydrogen-bond acceptors (Lipinski definition) is 7. The van der Waals surface area contributed by atoms with Gasteiger partial charge in [-0.3, -0.25) is 4.79 Å². The molecule has 0 radical (unpaired) electrons. The average molecular weight is 578 g/mol. The summed E-state index contributed by atoms with van der Waals surface area (Å²) in [7, 11) is 0. The van der Waals surface area contributed by atoms with Crippen molar-refractivity contribution in [3.05, 3.63) is 41.8 Å². The minimum Gasteiger partial charge on any atom is -0.339 e. The monoisotopic (exact) mass is 577 g/mol. The molecule has 6 aliphatic rings. The molecule has 2 bridgehead atoms. The van der Waals surface area contributed by atoms with E-state index in [0.717, 1.165) is 87.3 Å². The SMILES string of the molecule is O=C(C1CCC(F)(F)C1)N(CC1CCC2(c3nc(C4CC4)no3)CCC1CC2)c1cccc(-c2nc(C3CC3)no2)c1. The first-order chi connectivity index (χ1) is 20.4. The van der Waals surface area contributed by atoms with E-state index in [0.29, 0.717) is 35.9 Å². The summed E-state index contributed by atoms with van der Waals surface area (Å²) in [6.45, 7) is 0.513. The molecule has 8 nitrogen and oxygen atoms in total. The van der Waals surface area contributed by atoms with Crippen LogP contribution in [0.5, 0.6) is 0 Å². The molecule has 0 N–H and O–H groups in total. The van der Waals surface area contributed by atoms with Gasteiger partial charge in [-0.1, -0.05) is 16.4 Å². The van der Waals surface area contributed by atoms with Gasteiger partial charge in [-0.05, 0) is 101 Å². The van der Waals surface area contributed by atoms with Gasteiger partial charge >= 0.3 is 0 Å². The number of halogens is 2. The van der Waals surface area contributed by atoms with Crippen molar-refractivity contribution in [3.63, 3.8) is 0 Å². The lowest BCUT2D eigenvalue weighted by atomic mass is 9.70. The van der Waals surface area contributed by atoms with Gasteiger partial charge in [-0.15, -0.1) is 0 Å². The van der Waals surface area contributed by atoms with Gasteiger partial charge < -0.3 is 13.9 Å². The van der Waals surface area contributed by atoms with Gasteiger partial charge in [0, 0.05) is 53.8 Å². The maximum atomic E-state index is 14.3. The highest BCUT2D eigenvalue weighted by molar-refractivity contribution is 5.95. The van der Waals surface area contributed by atoms with E-state index in [1.165, 1.54) is 0 Å². The quantitative estimate of drug-likeness (QED) is 0.280. The first kappa shape index (κ1) is 26.5. The summed E-state index contributed by atoms with van der Waals surface area (Å²) < 4.78 is 39.9. The lowest BCUT2D eigenvalue weighted by Crippen LogP contribution is -2.41. The zero-order valence-corrected chi connectivity index (χ0v) is 23.8. The summed E-state index contributed by atoms with van der Waals surface area (Å²) in [5.41, 5.74) is 1.36. The maximum absolute atomic E-state index is 14.3. The molecule has 2 heterocycles. The molecule has 10 heteroatoms. The molecular weight excluding hydrogens is 540 g/mol. The molecule has 2 atom stereocenters. The van der Waals surface area contributed by atoms with Crippen molar-refractivity contribution in [2.45, 2.75) is 107 Å². The Labute approximate surface area is 243 Å². The van der Waals surface area contributed by atoms with Crippen LogP contribution in [0.15, 0.2) is 33.3 Å². The van der Waals surface area contributed by atoms with Crippen LogP contribution in [0.25, 0.3) is 11.5 Å². The zero-order chi connectivity index (χ0) is 28.5. The number of fused-ring (bicyclic) bond motifs is 4. The third-order valence-electron chi connectivity index (χ3n) is 10.7. The highest BCUT2D eigenvalue weighted by Gasteiger charge is 2.49. The molecule has 222 valence electrons. The van der Waals surface area contributed by atoms with Gasteiger partial charge in [0.1, 0.15) is 0 Å². The summed E-state index contributed by atoms with van der Waals surface area (Å²) in [6.07, 6.45) is 10.0. The molecule has 9 rings (SSSR count). The van der Waals surface area contributed by atoms with Crippen molar-refractivity contribution >= 4 is 11.6 Å². The van der Waals surface area contributed by atoms with Gasteiger partial charge in [0.2, 0.25) is 17.7 Å². The Morgan fingerprint density at radius 3 is 2.31 bits per heavy atom. The Bertz CT molecular complexity index is 1470. The van der Waals surface area contributed by atoms with E-state index in [1.807, 2.05) is 24.3 Å². The topological polar surface area (TPSA) is 98.2 Å². The maximum Gasteiger partial charge on any atom is 0.258 e. The molecule has 42 heavy (non-hydrogen) atoms. The molecule has 6 saturated carbocycles. The summed E-state index contributed by atoms with van der Waals surface area (Å²) >= 11 is 0. The number of nitrogens with zero attached hydrogens (tertiary/aromatic N) is 5. The Hall–Kier alpha value is -3.17. The van der Waals surface area contributed by atoms with Crippen molar-refractivity contribution in [1.29, 1.82) is 0 Å². The van der Waals surface area contributed by atoms with Crippen LogP contribution in [0, 0.1) is 17.8 Å². The Morgan fingerprint density at radius 1 is 0.881 bits per heavy atom. The van der Waals surface area contributed by atoms with E-state index >= 15 is 0 Å². The first-order valence-corrected chi connectivity index (χ1v) is 15.8. The van der Waals surface area contributed by atoms with E-state index in [-0.39, 0.29) is 36.5 Å². The molecule has 6 aliphatic carbocycles. The lowest BCUT2D eigenvalue weighted by Gasteiger charge is -2.36. The van der Waals surface area contributed by atoms with Gasteiger partial charge in [0.25, 0.3) is 5.89 Å². The van der Waals surface area contributed by atoms with Crippen LogP contribution >= 0.6 is 0 Å². The van der Waals surface area contributed by atoms with Crippen molar-refractivity contribution in [2.24, 2.45) is 17.8 Å². The van der Waals surface area contributed by atoms with Crippen LogP contribution in [-0.4, -0.2) is 38.7 Å². The van der Waals surface area contributed by atoms with E-state index in [2.05, 4.69) is 15.3 Å². The fourth-order valence-electron chi connectivity index (χ4n) is 7.73. The number of hydrogen-bond donors (Lipinski definition) is 0. The molecule has 0 aliphatic heterocycles.